The van der Waals surface area contributed by atoms with Gasteiger partial charge in [0.05, 0.1) is 17.8 Å². The zero-order valence-electron chi connectivity index (χ0n) is 14.3. The molecule has 25 heavy (non-hydrogen) atoms. The summed E-state index contributed by atoms with van der Waals surface area (Å²) in [6, 6.07) is 6.16. The third kappa shape index (κ3) is 2.67. The molecule has 0 spiro atoms. The maximum Gasteiger partial charge on any atom is 0.120 e. The predicted molar refractivity (Wildman–Crippen MR) is 101 cm³/mol. The van der Waals surface area contributed by atoms with Gasteiger partial charge in [0, 0.05) is 42.2 Å². The highest BCUT2D eigenvalue weighted by Crippen LogP contribution is 2.41. The number of rotatable bonds is 3. The minimum atomic E-state index is 0.728. The average Bonchev–Trinajstić information content (AvgIpc) is 3.02. The number of aromatic nitrogens is 2. The normalized spacial score (nSPS) is 16.4. The van der Waals surface area contributed by atoms with Gasteiger partial charge in [-0.3, -0.25) is 0 Å². The lowest BCUT2D eigenvalue weighted by Gasteiger charge is -2.25. The monoisotopic (exact) mass is 353 g/mol. The van der Waals surface area contributed by atoms with E-state index in [-0.39, 0.29) is 0 Å². The summed E-state index contributed by atoms with van der Waals surface area (Å²) in [6.45, 7) is 2.86. The van der Waals surface area contributed by atoms with E-state index in [9.17, 15) is 0 Å². The van der Waals surface area contributed by atoms with Crippen molar-refractivity contribution < 1.29 is 4.74 Å². The van der Waals surface area contributed by atoms with Crippen molar-refractivity contribution >= 4 is 17.2 Å². The first kappa shape index (κ1) is 16.0. The maximum absolute atomic E-state index is 6.57. The first-order chi connectivity index (χ1) is 12.2. The number of ether oxygens (including phenoxy) is 1. The molecule has 2 aromatic rings. The first-order valence-electron chi connectivity index (χ1n) is 8.43. The van der Waals surface area contributed by atoms with Crippen molar-refractivity contribution in [1.82, 2.24) is 15.1 Å². The Hall–Kier alpha value is -2.46. The summed E-state index contributed by atoms with van der Waals surface area (Å²) in [7, 11) is 1.69. The number of nitrogens with zero attached hydrogens (tertiary/aromatic N) is 2. The quantitative estimate of drug-likeness (QED) is 0.668. The van der Waals surface area contributed by atoms with Gasteiger partial charge in [-0.2, -0.15) is 5.10 Å². The Morgan fingerprint density at radius 3 is 3.04 bits per heavy atom. The third-order valence-corrected chi connectivity index (χ3v) is 5.00. The van der Waals surface area contributed by atoms with Gasteiger partial charge in [0.2, 0.25) is 0 Å². The Morgan fingerprint density at radius 1 is 1.36 bits per heavy atom. The van der Waals surface area contributed by atoms with Crippen LogP contribution in [0.4, 0.5) is 0 Å². The molecule has 2 aliphatic rings. The molecule has 0 saturated heterocycles. The summed E-state index contributed by atoms with van der Waals surface area (Å²) in [5.41, 5.74) is 6.97. The van der Waals surface area contributed by atoms with Crippen LogP contribution in [-0.2, 0) is 17.6 Å². The van der Waals surface area contributed by atoms with Crippen LogP contribution in [0.15, 0.2) is 54.1 Å². The molecular formula is C20H20ClN3O. The summed E-state index contributed by atoms with van der Waals surface area (Å²) in [6.07, 6.45) is 9.60. The SMILES string of the molecule is C/C=C\C(=C/C1=C2Cc3ccnn3-c3c(Cl)ccc(c32)CCN1)OC. The lowest BCUT2D eigenvalue weighted by atomic mass is 9.89. The van der Waals surface area contributed by atoms with E-state index >= 15 is 0 Å². The lowest BCUT2D eigenvalue weighted by molar-refractivity contribution is 0.306. The molecule has 5 heteroatoms. The molecule has 0 radical (unpaired) electrons. The van der Waals surface area contributed by atoms with Gasteiger partial charge in [0.25, 0.3) is 0 Å². The Bertz CT molecular complexity index is 921. The van der Waals surface area contributed by atoms with Crippen molar-refractivity contribution in [3.05, 3.63) is 75.9 Å². The van der Waals surface area contributed by atoms with Crippen LogP contribution in [0, 0.1) is 0 Å². The first-order valence-corrected chi connectivity index (χ1v) is 8.81. The Kier molecular flexibility index (Phi) is 4.14. The molecule has 1 N–H and O–H groups in total. The molecule has 4 nitrogen and oxygen atoms in total. The summed E-state index contributed by atoms with van der Waals surface area (Å²) in [5.74, 6) is 0.823. The fourth-order valence-corrected chi connectivity index (χ4v) is 3.82. The molecule has 3 heterocycles. The fourth-order valence-electron chi connectivity index (χ4n) is 3.58. The van der Waals surface area contributed by atoms with E-state index in [0.717, 1.165) is 47.2 Å². The van der Waals surface area contributed by atoms with Crippen LogP contribution in [0.2, 0.25) is 5.02 Å². The fraction of sp³-hybridized carbons (Fsp3) is 0.250. The van der Waals surface area contributed by atoms with Gasteiger partial charge >= 0.3 is 0 Å². The third-order valence-electron chi connectivity index (χ3n) is 4.70. The zero-order valence-corrected chi connectivity index (χ0v) is 15.1. The van der Waals surface area contributed by atoms with Crippen molar-refractivity contribution in [2.24, 2.45) is 0 Å². The number of hydrogen-bond acceptors (Lipinski definition) is 3. The van der Waals surface area contributed by atoms with E-state index in [4.69, 9.17) is 16.3 Å². The number of benzene rings is 1. The molecule has 0 atom stereocenters. The van der Waals surface area contributed by atoms with Gasteiger partial charge in [0.1, 0.15) is 5.76 Å². The topological polar surface area (TPSA) is 39.1 Å². The Labute approximate surface area is 152 Å². The molecule has 128 valence electrons. The second kappa shape index (κ2) is 6.45. The molecule has 1 aromatic heterocycles. The van der Waals surface area contributed by atoms with Crippen LogP contribution in [-0.4, -0.2) is 23.4 Å². The second-order valence-electron chi connectivity index (χ2n) is 6.16. The summed E-state index contributed by atoms with van der Waals surface area (Å²) >= 11 is 6.57. The van der Waals surface area contributed by atoms with Gasteiger partial charge in [-0.25, -0.2) is 4.68 Å². The molecule has 2 aliphatic heterocycles. The van der Waals surface area contributed by atoms with E-state index in [0.29, 0.717) is 0 Å². The molecular weight excluding hydrogens is 334 g/mol. The molecule has 1 aromatic carbocycles. The molecule has 0 fully saturated rings. The molecule has 0 bridgehead atoms. The standard InChI is InChI=1S/C20H20ClN3O/c1-3-4-15(25-2)12-18-16-11-14-8-10-23-24(14)20-17(21)6-5-13(19(16)20)7-9-22-18/h3-6,8,10,12,22H,7,9,11H2,1-2H3/b4-3-,15-12+. The van der Waals surface area contributed by atoms with Gasteiger partial charge < -0.3 is 10.1 Å². The zero-order chi connectivity index (χ0) is 17.4. The number of allylic oxidation sites excluding steroid dienone is 4. The highest BCUT2D eigenvalue weighted by molar-refractivity contribution is 6.33. The van der Waals surface area contributed by atoms with Crippen LogP contribution < -0.4 is 5.32 Å². The Morgan fingerprint density at radius 2 is 2.24 bits per heavy atom. The molecule has 0 aliphatic carbocycles. The predicted octanol–water partition coefficient (Wildman–Crippen LogP) is 4.05. The average molecular weight is 354 g/mol. The van der Waals surface area contributed by atoms with E-state index in [1.807, 2.05) is 42.1 Å². The highest BCUT2D eigenvalue weighted by Gasteiger charge is 2.28. The van der Waals surface area contributed by atoms with Crippen molar-refractivity contribution in [2.75, 3.05) is 13.7 Å². The summed E-state index contributed by atoms with van der Waals surface area (Å²) in [5, 5.41) is 8.79. The number of methoxy groups -OCH3 is 1. The minimum Gasteiger partial charge on any atom is -0.497 e. The van der Waals surface area contributed by atoms with Gasteiger partial charge in [-0.15, -0.1) is 0 Å². The van der Waals surface area contributed by atoms with Gasteiger partial charge in [-0.05, 0) is 42.7 Å². The van der Waals surface area contributed by atoms with Gasteiger partial charge in [0.15, 0.2) is 0 Å². The van der Waals surface area contributed by atoms with E-state index < -0.39 is 0 Å². The van der Waals surface area contributed by atoms with Crippen molar-refractivity contribution in [3.63, 3.8) is 0 Å². The van der Waals surface area contributed by atoms with Crippen molar-refractivity contribution in [2.45, 2.75) is 19.8 Å². The Balaban J connectivity index is 2.00. The second-order valence-corrected chi connectivity index (χ2v) is 6.57. The largest absolute Gasteiger partial charge is 0.497 e. The number of hydrogen-bond donors (Lipinski definition) is 1. The van der Waals surface area contributed by atoms with Crippen LogP contribution in [0.5, 0.6) is 0 Å². The minimum absolute atomic E-state index is 0.728. The lowest BCUT2D eigenvalue weighted by Crippen LogP contribution is -2.17. The highest BCUT2D eigenvalue weighted by atomic mass is 35.5. The smallest absolute Gasteiger partial charge is 0.120 e. The van der Waals surface area contributed by atoms with Crippen LogP contribution >= 0.6 is 11.6 Å². The van der Waals surface area contributed by atoms with Crippen molar-refractivity contribution in [1.29, 1.82) is 0 Å². The van der Waals surface area contributed by atoms with E-state index in [1.165, 1.54) is 16.7 Å². The molecule has 4 rings (SSSR count). The van der Waals surface area contributed by atoms with E-state index in [1.54, 1.807) is 7.11 Å². The van der Waals surface area contributed by atoms with Crippen LogP contribution in [0.1, 0.15) is 23.7 Å². The van der Waals surface area contributed by atoms with Gasteiger partial charge in [-0.1, -0.05) is 23.7 Å². The molecule has 0 saturated carbocycles. The van der Waals surface area contributed by atoms with Crippen molar-refractivity contribution in [3.8, 4) is 5.69 Å². The van der Waals surface area contributed by atoms with Crippen LogP contribution in [0.25, 0.3) is 11.3 Å². The van der Waals surface area contributed by atoms with E-state index in [2.05, 4.69) is 22.6 Å². The summed E-state index contributed by atoms with van der Waals surface area (Å²) in [4.78, 5) is 0. The number of nitrogens with one attached hydrogen (secondary N) is 1. The van der Waals surface area contributed by atoms with Crippen LogP contribution in [0.3, 0.4) is 0 Å². The number of halogens is 1. The molecule has 0 unspecified atom stereocenters. The number of fused-ring (bicyclic) bond motifs is 2. The maximum atomic E-state index is 6.57. The summed E-state index contributed by atoms with van der Waals surface area (Å²) < 4.78 is 7.47. The molecule has 0 amide bonds.